The zero-order valence-electron chi connectivity index (χ0n) is 13.9. The Balaban J connectivity index is 0.00000161. The summed E-state index contributed by atoms with van der Waals surface area (Å²) in [6.07, 6.45) is 7.83. The molecule has 0 unspecified atom stereocenters. The molecule has 0 bridgehead atoms. The summed E-state index contributed by atoms with van der Waals surface area (Å²) in [4.78, 5) is 12.3. The van der Waals surface area contributed by atoms with Crippen LogP contribution in [-0.4, -0.2) is 17.0 Å². The Morgan fingerprint density at radius 2 is 1.76 bits per heavy atom. The molecule has 4 atom stereocenters. The molecule has 115 valence electrons. The summed E-state index contributed by atoms with van der Waals surface area (Å²) in [6, 6.07) is 0. The van der Waals surface area contributed by atoms with Gasteiger partial charge in [0.15, 0.2) is 0 Å². The molecule has 0 aromatic heterocycles. The second-order valence-electron chi connectivity index (χ2n) is 8.28. The van der Waals surface area contributed by atoms with Crippen molar-refractivity contribution in [3.63, 3.8) is 0 Å². The maximum absolute atomic E-state index is 12.3. The molecular weight excluding hydrogens is 475 g/mol. The van der Waals surface area contributed by atoms with E-state index >= 15 is 0 Å². The molecule has 1 radical (unpaired) electrons. The molecule has 21 heavy (non-hydrogen) atoms. The Bertz CT molecular complexity index is 482. The van der Waals surface area contributed by atoms with Gasteiger partial charge in [-0.15, -0.1) is 0 Å². The SMILES string of the molecule is CC1(C)C(=O)CC[C@]2(C)C3=CCC[C@@H](O)[C@]3(C)CC[C@@H]12.[Ac]. The number of aliphatic hydroxyl groups excluding tert-OH is 1. The van der Waals surface area contributed by atoms with E-state index in [0.717, 1.165) is 32.1 Å². The Hall–Kier alpha value is 0.812. The molecule has 3 rings (SSSR count). The van der Waals surface area contributed by atoms with Crippen molar-refractivity contribution in [3.8, 4) is 0 Å². The van der Waals surface area contributed by atoms with Crippen molar-refractivity contribution in [2.24, 2.45) is 22.2 Å². The smallest absolute Gasteiger partial charge is 0.138 e. The van der Waals surface area contributed by atoms with E-state index in [1.165, 1.54) is 5.57 Å². The largest absolute Gasteiger partial charge is 0.392 e. The van der Waals surface area contributed by atoms with Crippen LogP contribution >= 0.6 is 0 Å². The zero-order valence-corrected chi connectivity index (χ0v) is 18.7. The van der Waals surface area contributed by atoms with E-state index in [9.17, 15) is 9.90 Å². The number of carbonyl (C=O) groups excluding carboxylic acids is 1. The summed E-state index contributed by atoms with van der Waals surface area (Å²) in [6.45, 7) is 8.88. The molecule has 0 spiro atoms. The van der Waals surface area contributed by atoms with Crippen LogP contribution in [0.4, 0.5) is 0 Å². The third-order valence-corrected chi connectivity index (χ3v) is 6.94. The van der Waals surface area contributed by atoms with Crippen molar-refractivity contribution in [2.45, 2.75) is 72.3 Å². The van der Waals surface area contributed by atoms with Crippen LogP contribution in [0.25, 0.3) is 0 Å². The Kier molecular flexibility index (Phi) is 4.94. The van der Waals surface area contributed by atoms with E-state index in [0.29, 0.717) is 18.1 Å². The fourth-order valence-electron chi connectivity index (χ4n) is 5.61. The van der Waals surface area contributed by atoms with Gasteiger partial charge < -0.3 is 5.11 Å². The maximum Gasteiger partial charge on any atom is 0.138 e. The van der Waals surface area contributed by atoms with Crippen molar-refractivity contribution in [1.29, 1.82) is 0 Å². The molecule has 2 fully saturated rings. The van der Waals surface area contributed by atoms with E-state index in [1.54, 1.807) is 0 Å². The summed E-state index contributed by atoms with van der Waals surface area (Å²) in [5, 5.41) is 10.5. The first-order valence-electron chi connectivity index (χ1n) is 8.15. The number of aliphatic hydroxyl groups is 1. The first kappa shape index (κ1) is 18.2. The van der Waals surface area contributed by atoms with Crippen LogP contribution in [0, 0.1) is 66.2 Å². The van der Waals surface area contributed by atoms with Gasteiger partial charge in [-0.1, -0.05) is 39.3 Å². The van der Waals surface area contributed by atoms with E-state index < -0.39 is 0 Å². The quantitative estimate of drug-likeness (QED) is 0.510. The van der Waals surface area contributed by atoms with Crippen LogP contribution in [0.5, 0.6) is 0 Å². The first-order chi connectivity index (χ1) is 9.23. The fourth-order valence-corrected chi connectivity index (χ4v) is 5.61. The molecule has 3 heteroatoms. The van der Waals surface area contributed by atoms with E-state index in [4.69, 9.17) is 0 Å². The van der Waals surface area contributed by atoms with Crippen molar-refractivity contribution in [2.75, 3.05) is 0 Å². The van der Waals surface area contributed by atoms with Gasteiger partial charge in [-0.25, -0.2) is 0 Å². The molecule has 3 aliphatic carbocycles. The average molecular weight is 503 g/mol. The molecule has 0 heterocycles. The van der Waals surface area contributed by atoms with Crippen LogP contribution in [-0.2, 0) is 4.79 Å². The number of rotatable bonds is 0. The van der Waals surface area contributed by atoms with Gasteiger partial charge in [0.25, 0.3) is 0 Å². The van der Waals surface area contributed by atoms with E-state index in [2.05, 4.69) is 33.8 Å². The molecule has 0 aliphatic heterocycles. The van der Waals surface area contributed by atoms with Gasteiger partial charge in [0, 0.05) is 61.3 Å². The predicted molar refractivity (Wildman–Crippen MR) is 80.3 cm³/mol. The van der Waals surface area contributed by atoms with Gasteiger partial charge in [0.2, 0.25) is 0 Å². The van der Waals surface area contributed by atoms with Crippen molar-refractivity contribution < 1.29 is 54.0 Å². The second-order valence-corrected chi connectivity index (χ2v) is 8.28. The van der Waals surface area contributed by atoms with Crippen LogP contribution in [0.1, 0.15) is 66.2 Å². The number of Topliss-reactive ketones (excluding diaryl/α,β-unsaturated/α-hetero) is 1. The van der Waals surface area contributed by atoms with Gasteiger partial charge in [-0.05, 0) is 43.4 Å². The summed E-state index contributed by atoms with van der Waals surface area (Å²) < 4.78 is 0. The van der Waals surface area contributed by atoms with Crippen molar-refractivity contribution in [1.82, 2.24) is 0 Å². The maximum atomic E-state index is 12.3. The molecule has 1 N–H and O–H groups in total. The van der Waals surface area contributed by atoms with Gasteiger partial charge >= 0.3 is 0 Å². The fraction of sp³-hybridized carbons (Fsp3) is 0.833. The van der Waals surface area contributed by atoms with Gasteiger partial charge in [0.1, 0.15) is 5.78 Å². The minimum atomic E-state index is -0.211. The van der Waals surface area contributed by atoms with E-state index in [1.807, 2.05) is 0 Å². The second kappa shape index (κ2) is 5.71. The Morgan fingerprint density at radius 3 is 2.43 bits per heavy atom. The Morgan fingerprint density at radius 1 is 1.10 bits per heavy atom. The molecule has 2 saturated carbocycles. The van der Waals surface area contributed by atoms with Crippen LogP contribution < -0.4 is 0 Å². The zero-order chi connectivity index (χ0) is 14.8. The molecule has 0 saturated heterocycles. The summed E-state index contributed by atoms with van der Waals surface area (Å²) in [7, 11) is 0. The molecule has 2 nitrogen and oxygen atoms in total. The van der Waals surface area contributed by atoms with E-state index in [-0.39, 0.29) is 66.4 Å². The third kappa shape index (κ3) is 2.45. The van der Waals surface area contributed by atoms with Crippen molar-refractivity contribution in [3.05, 3.63) is 11.6 Å². The Labute approximate surface area is 164 Å². The summed E-state index contributed by atoms with van der Waals surface area (Å²) in [5.74, 6) is 0.862. The number of fused-ring (bicyclic) bond motifs is 3. The number of ketones is 1. The first-order valence-corrected chi connectivity index (χ1v) is 8.15. The summed E-state index contributed by atoms with van der Waals surface area (Å²) in [5.41, 5.74) is 1.30. The predicted octanol–water partition coefficient (Wildman–Crippen LogP) is 3.88. The molecule has 0 aromatic carbocycles. The molecular formula is C18H28AcO2. The average Bonchev–Trinajstić information content (AvgIpc) is 2.37. The van der Waals surface area contributed by atoms with Crippen LogP contribution in [0.2, 0.25) is 0 Å². The molecule has 3 aliphatic rings. The van der Waals surface area contributed by atoms with Gasteiger partial charge in [-0.2, -0.15) is 0 Å². The molecule has 0 aromatic rings. The van der Waals surface area contributed by atoms with Crippen molar-refractivity contribution >= 4 is 5.78 Å². The number of carbonyl (C=O) groups is 1. The summed E-state index contributed by atoms with van der Waals surface area (Å²) >= 11 is 0. The normalized spacial score (nSPS) is 45.0. The standard InChI is InChI=1S/C18H28O2.Ac/c1-16(2)12-8-10-18(4)13(6-5-7-15(18)20)17(12,3)11-9-14(16)19;/h6,12,15,20H,5,7-11H2,1-4H3;/t12-,15+,17-,18+;/m0./s1. The minimum absolute atomic E-state index is 0. The third-order valence-electron chi connectivity index (χ3n) is 6.94. The van der Waals surface area contributed by atoms with Crippen LogP contribution in [0.3, 0.4) is 0 Å². The van der Waals surface area contributed by atoms with Gasteiger partial charge in [0.05, 0.1) is 6.10 Å². The topological polar surface area (TPSA) is 37.3 Å². The number of allylic oxidation sites excluding steroid dienone is 1. The minimum Gasteiger partial charge on any atom is -0.392 e. The van der Waals surface area contributed by atoms with Crippen LogP contribution in [0.15, 0.2) is 11.6 Å². The number of hydrogen-bond acceptors (Lipinski definition) is 2. The molecule has 0 amide bonds. The monoisotopic (exact) mass is 503 g/mol. The number of hydrogen-bond donors (Lipinski definition) is 1. The van der Waals surface area contributed by atoms with Gasteiger partial charge in [-0.3, -0.25) is 4.79 Å².